The van der Waals surface area contributed by atoms with Gasteiger partial charge in [-0.3, -0.25) is 0 Å². The Balaban J connectivity index is 2.26. The van der Waals surface area contributed by atoms with Crippen LogP contribution in [-0.4, -0.2) is 25.5 Å². The van der Waals surface area contributed by atoms with Crippen LogP contribution in [0.4, 0.5) is 13.2 Å². The molecule has 0 radical (unpaired) electrons. The Kier molecular flexibility index (Phi) is 6.30. The molecule has 0 heterocycles. The lowest BCUT2D eigenvalue weighted by Gasteiger charge is -2.21. The molecule has 1 unspecified atom stereocenters. The van der Waals surface area contributed by atoms with Crippen molar-refractivity contribution in [2.45, 2.75) is 24.9 Å². The number of benzene rings is 2. The van der Waals surface area contributed by atoms with Crippen molar-refractivity contribution in [3.63, 3.8) is 0 Å². The van der Waals surface area contributed by atoms with E-state index in [0.29, 0.717) is 11.4 Å². The minimum absolute atomic E-state index is 0.0240. The number of alkyl halides is 3. The summed E-state index contributed by atoms with van der Waals surface area (Å²) in [6.07, 6.45) is -2.84. The molecule has 2 rings (SSSR count). The molecule has 2 aromatic rings. The van der Waals surface area contributed by atoms with E-state index < -0.39 is 11.7 Å². The molecule has 0 aromatic heterocycles. The van der Waals surface area contributed by atoms with E-state index in [1.165, 1.54) is 12.1 Å². The summed E-state index contributed by atoms with van der Waals surface area (Å²) in [6, 6.07) is 13.1. The fourth-order valence-corrected chi connectivity index (χ4v) is 2.80. The van der Waals surface area contributed by atoms with Crippen molar-refractivity contribution < 1.29 is 13.2 Å². The minimum Gasteiger partial charge on any atom is -0.309 e. The quantitative estimate of drug-likeness (QED) is 0.648. The summed E-state index contributed by atoms with van der Waals surface area (Å²) < 4.78 is 39.0. The third-order valence-corrected chi connectivity index (χ3v) is 4.26. The second-order valence-electron chi connectivity index (χ2n) is 6.24. The maximum atomic E-state index is 13.0. The van der Waals surface area contributed by atoms with Crippen LogP contribution in [0.15, 0.2) is 48.5 Å². The molecule has 0 amide bonds. The van der Waals surface area contributed by atoms with Gasteiger partial charge in [0.15, 0.2) is 0 Å². The van der Waals surface area contributed by atoms with Gasteiger partial charge >= 0.3 is 6.18 Å². The highest BCUT2D eigenvalue weighted by Gasteiger charge is 2.31. The molecular weight excluding hydrogens is 335 g/mol. The highest BCUT2D eigenvalue weighted by atomic mass is 35.5. The van der Waals surface area contributed by atoms with Crippen LogP contribution in [0.25, 0.3) is 0 Å². The average Bonchev–Trinajstić information content (AvgIpc) is 2.52. The van der Waals surface area contributed by atoms with Crippen molar-refractivity contribution in [2.75, 3.05) is 20.6 Å². The zero-order chi connectivity index (χ0) is 17.7. The molecule has 1 nitrogen and oxygen atoms in total. The zero-order valence-corrected chi connectivity index (χ0v) is 14.5. The summed E-state index contributed by atoms with van der Waals surface area (Å²) in [4.78, 5) is 2.04. The molecule has 130 valence electrons. The number of nitrogens with zero attached hydrogens (tertiary/aromatic N) is 1. The maximum absolute atomic E-state index is 13.0. The van der Waals surface area contributed by atoms with Gasteiger partial charge in [0.05, 0.1) is 5.56 Å². The van der Waals surface area contributed by atoms with E-state index >= 15 is 0 Å². The van der Waals surface area contributed by atoms with Crippen LogP contribution in [0.3, 0.4) is 0 Å². The minimum atomic E-state index is -4.32. The molecule has 0 saturated heterocycles. The zero-order valence-electron chi connectivity index (χ0n) is 13.8. The summed E-state index contributed by atoms with van der Waals surface area (Å²) in [7, 11) is 3.93. The highest BCUT2D eigenvalue weighted by Crippen LogP contribution is 2.33. The van der Waals surface area contributed by atoms with Gasteiger partial charge in [0.2, 0.25) is 0 Å². The Morgan fingerprint density at radius 2 is 1.71 bits per heavy atom. The van der Waals surface area contributed by atoms with Gasteiger partial charge in [-0.05, 0) is 68.7 Å². The van der Waals surface area contributed by atoms with Crippen LogP contribution >= 0.6 is 11.6 Å². The molecule has 0 aliphatic carbocycles. The van der Waals surface area contributed by atoms with E-state index in [1.54, 1.807) is 6.07 Å². The first-order chi connectivity index (χ1) is 11.3. The van der Waals surface area contributed by atoms with Crippen molar-refractivity contribution in [2.24, 2.45) is 0 Å². The SMILES string of the molecule is CN(C)CCC(Cc1ccc(Cl)cc1)c1cccc(C(F)(F)F)c1. The monoisotopic (exact) mass is 355 g/mol. The molecule has 2 aromatic carbocycles. The Labute approximate surface area is 146 Å². The normalized spacial score (nSPS) is 13.3. The topological polar surface area (TPSA) is 3.24 Å². The van der Waals surface area contributed by atoms with Crippen LogP contribution in [0, 0.1) is 0 Å². The molecule has 0 aliphatic rings. The molecule has 0 N–H and O–H groups in total. The molecule has 0 spiro atoms. The number of halogens is 4. The molecule has 0 aliphatic heterocycles. The lowest BCUT2D eigenvalue weighted by Crippen LogP contribution is -2.17. The van der Waals surface area contributed by atoms with E-state index in [9.17, 15) is 13.2 Å². The third-order valence-electron chi connectivity index (χ3n) is 4.01. The molecule has 0 fully saturated rings. The van der Waals surface area contributed by atoms with Gasteiger partial charge in [0.25, 0.3) is 0 Å². The summed E-state index contributed by atoms with van der Waals surface area (Å²) >= 11 is 5.91. The van der Waals surface area contributed by atoms with Gasteiger partial charge in [-0.15, -0.1) is 0 Å². The lowest BCUT2D eigenvalue weighted by atomic mass is 9.88. The van der Waals surface area contributed by atoms with Gasteiger partial charge < -0.3 is 4.90 Å². The lowest BCUT2D eigenvalue weighted by molar-refractivity contribution is -0.137. The van der Waals surface area contributed by atoms with E-state index in [1.807, 2.05) is 43.3 Å². The number of hydrogen-bond donors (Lipinski definition) is 0. The largest absolute Gasteiger partial charge is 0.416 e. The second kappa shape index (κ2) is 8.04. The van der Waals surface area contributed by atoms with Crippen LogP contribution in [0.5, 0.6) is 0 Å². The maximum Gasteiger partial charge on any atom is 0.416 e. The molecule has 0 bridgehead atoms. The third kappa shape index (κ3) is 5.53. The van der Waals surface area contributed by atoms with Gasteiger partial charge in [-0.2, -0.15) is 13.2 Å². The highest BCUT2D eigenvalue weighted by molar-refractivity contribution is 6.30. The van der Waals surface area contributed by atoms with E-state index in [4.69, 9.17) is 11.6 Å². The van der Waals surface area contributed by atoms with Crippen molar-refractivity contribution in [3.8, 4) is 0 Å². The molecule has 24 heavy (non-hydrogen) atoms. The van der Waals surface area contributed by atoms with Crippen LogP contribution in [-0.2, 0) is 12.6 Å². The van der Waals surface area contributed by atoms with Crippen molar-refractivity contribution in [1.82, 2.24) is 4.90 Å². The standard InChI is InChI=1S/C19H21ClF3N/c1-24(2)11-10-16(12-14-6-8-18(20)9-7-14)15-4-3-5-17(13-15)19(21,22)23/h3-9,13,16H,10-12H2,1-2H3. The first kappa shape index (κ1) is 18.8. The van der Waals surface area contributed by atoms with E-state index in [-0.39, 0.29) is 5.92 Å². The molecule has 5 heteroatoms. The molecule has 0 saturated carbocycles. The van der Waals surface area contributed by atoms with Crippen molar-refractivity contribution in [3.05, 3.63) is 70.2 Å². The number of hydrogen-bond acceptors (Lipinski definition) is 1. The average molecular weight is 356 g/mol. The van der Waals surface area contributed by atoms with Crippen LogP contribution < -0.4 is 0 Å². The second-order valence-corrected chi connectivity index (χ2v) is 6.68. The van der Waals surface area contributed by atoms with Crippen molar-refractivity contribution >= 4 is 11.6 Å². The smallest absolute Gasteiger partial charge is 0.309 e. The Morgan fingerprint density at radius 3 is 2.29 bits per heavy atom. The Hall–Kier alpha value is -1.52. The van der Waals surface area contributed by atoms with Crippen molar-refractivity contribution in [1.29, 1.82) is 0 Å². The van der Waals surface area contributed by atoms with Gasteiger partial charge in [-0.1, -0.05) is 41.9 Å². The fourth-order valence-electron chi connectivity index (χ4n) is 2.67. The summed E-state index contributed by atoms with van der Waals surface area (Å²) in [5.74, 6) is 0.0240. The number of rotatable bonds is 6. The fraction of sp³-hybridized carbons (Fsp3) is 0.368. The summed E-state index contributed by atoms with van der Waals surface area (Å²) in [5.41, 5.74) is 1.20. The predicted molar refractivity (Wildman–Crippen MR) is 92.5 cm³/mol. The Morgan fingerprint density at radius 1 is 1.04 bits per heavy atom. The Bertz CT molecular complexity index is 650. The van der Waals surface area contributed by atoms with Crippen LogP contribution in [0.1, 0.15) is 29.0 Å². The van der Waals surface area contributed by atoms with Gasteiger partial charge in [0.1, 0.15) is 0 Å². The van der Waals surface area contributed by atoms with E-state index in [2.05, 4.69) is 0 Å². The molecular formula is C19H21ClF3N. The summed E-state index contributed by atoms with van der Waals surface area (Å²) in [5, 5.41) is 0.655. The first-order valence-electron chi connectivity index (χ1n) is 7.82. The summed E-state index contributed by atoms with van der Waals surface area (Å²) in [6.45, 7) is 0.814. The predicted octanol–water partition coefficient (Wildman–Crippen LogP) is 5.64. The van der Waals surface area contributed by atoms with Crippen LogP contribution in [0.2, 0.25) is 5.02 Å². The van der Waals surface area contributed by atoms with E-state index in [0.717, 1.165) is 30.2 Å². The first-order valence-corrected chi connectivity index (χ1v) is 8.20. The van der Waals surface area contributed by atoms with Gasteiger partial charge in [0, 0.05) is 5.02 Å². The van der Waals surface area contributed by atoms with Gasteiger partial charge in [-0.25, -0.2) is 0 Å². The molecule has 1 atom stereocenters.